The summed E-state index contributed by atoms with van der Waals surface area (Å²) in [7, 11) is 5.90. The Hall–Kier alpha value is -4.83. The number of rotatable bonds is 55. The number of hydrogen-bond donors (Lipinski definition) is 0. The molecule has 0 fully saturated rings. The second kappa shape index (κ2) is 59.3. The Morgan fingerprint density at radius 3 is 1.03 bits per heavy atom. The van der Waals surface area contributed by atoms with Crippen molar-refractivity contribution in [1.29, 1.82) is 0 Å². The topological polar surface area (TPSA) is 111 Å². The third-order valence-electron chi connectivity index (χ3n) is 12.6. The molecule has 0 rings (SSSR count). The van der Waals surface area contributed by atoms with Crippen molar-refractivity contribution in [3.63, 3.8) is 0 Å². The van der Waals surface area contributed by atoms with Crippen molar-refractivity contribution in [2.24, 2.45) is 0 Å². The van der Waals surface area contributed by atoms with Crippen molar-refractivity contribution in [3.8, 4) is 0 Å². The van der Waals surface area contributed by atoms with Crippen LogP contribution in [0.25, 0.3) is 0 Å². The predicted octanol–water partition coefficient (Wildman–Crippen LogP) is 17.5. The fourth-order valence-corrected chi connectivity index (χ4v) is 7.90. The lowest BCUT2D eigenvalue weighted by atomic mass is 10.0. The van der Waals surface area contributed by atoms with E-state index in [1.807, 2.05) is 21.1 Å². The minimum absolute atomic E-state index is 0.133. The molecule has 0 aliphatic heterocycles. The number of esters is 2. The molecule has 0 aromatic rings. The summed E-state index contributed by atoms with van der Waals surface area (Å²) in [6.07, 6.45) is 83.3. The van der Waals surface area contributed by atoms with E-state index in [0.717, 1.165) is 116 Å². The van der Waals surface area contributed by atoms with Gasteiger partial charge in [0.2, 0.25) is 0 Å². The molecule has 2 atom stereocenters. The Balaban J connectivity index is 4.29. The number of likely N-dealkylation sites (N-methyl/N-ethyl adjacent to an activating group) is 1. The van der Waals surface area contributed by atoms with Crippen LogP contribution in [0.3, 0.4) is 0 Å². The van der Waals surface area contributed by atoms with Crippen LogP contribution in [-0.2, 0) is 33.3 Å². The van der Waals surface area contributed by atoms with Gasteiger partial charge in [0.25, 0.3) is 0 Å². The highest BCUT2D eigenvalue weighted by molar-refractivity contribution is 5.70. The lowest BCUT2D eigenvalue weighted by Crippen LogP contribution is -2.44. The molecule has 9 heteroatoms. The van der Waals surface area contributed by atoms with Gasteiger partial charge in [-0.3, -0.25) is 9.59 Å². The van der Waals surface area contributed by atoms with Crippen molar-refractivity contribution >= 4 is 17.9 Å². The van der Waals surface area contributed by atoms with Gasteiger partial charge in [0.1, 0.15) is 13.2 Å². The fraction of sp³-hybridized carbons (Fsp3) is 0.614. The van der Waals surface area contributed by atoms with Crippen LogP contribution in [0, 0.1) is 0 Å². The molecule has 2 unspecified atom stereocenters. The molecule has 0 bridgehead atoms. The fourth-order valence-electron chi connectivity index (χ4n) is 7.90. The van der Waals surface area contributed by atoms with Crippen LogP contribution < -0.4 is 5.11 Å². The van der Waals surface area contributed by atoms with E-state index in [2.05, 4.69) is 160 Å². The maximum Gasteiger partial charge on any atom is 0.306 e. The molecule has 0 aromatic carbocycles. The summed E-state index contributed by atoms with van der Waals surface area (Å²) in [5.41, 5.74) is 0. The third-order valence-corrected chi connectivity index (χ3v) is 12.6. The molecule has 0 saturated heterocycles. The van der Waals surface area contributed by atoms with Gasteiger partial charge in [-0.15, -0.1) is 0 Å². The molecule has 0 saturated carbocycles. The normalized spacial score (nSPS) is 13.8. The molecular formula is C70H113NO8. The number of ether oxygens (including phenoxy) is 4. The summed E-state index contributed by atoms with van der Waals surface area (Å²) in [6.45, 7) is 4.46. The molecule has 0 heterocycles. The van der Waals surface area contributed by atoms with Crippen LogP contribution in [0.4, 0.5) is 0 Å². The van der Waals surface area contributed by atoms with E-state index in [4.69, 9.17) is 18.9 Å². The summed E-state index contributed by atoms with van der Waals surface area (Å²) in [4.78, 5) is 37.4. The first-order valence-electron chi connectivity index (χ1n) is 31.0. The van der Waals surface area contributed by atoms with E-state index in [9.17, 15) is 19.5 Å². The number of carbonyl (C=O) groups excluding carboxylic acids is 3. The van der Waals surface area contributed by atoms with Gasteiger partial charge >= 0.3 is 11.9 Å². The molecule has 0 amide bonds. The largest absolute Gasteiger partial charge is 0.545 e. The maximum absolute atomic E-state index is 12.9. The number of allylic oxidation sites excluding steroid dienone is 24. The van der Waals surface area contributed by atoms with Crippen LogP contribution in [0.15, 0.2) is 146 Å². The molecular weight excluding hydrogens is 983 g/mol. The van der Waals surface area contributed by atoms with Crippen molar-refractivity contribution in [1.82, 2.24) is 0 Å². The SMILES string of the molecule is CC/C=C\C/C=C\C/C=C\C/C=C\C/C=C\C/C=C\C/C=C\CCCCCC(=O)OC(COC(=O)CCCCCCCCCCCCCCC/C=C\C/C=C\C/C=C\C/C=C\C/C=C\CC)COC(OCC[N+](C)(C)C)C(=O)[O-]. The first kappa shape index (κ1) is 74.2. The van der Waals surface area contributed by atoms with Gasteiger partial charge in [0.05, 0.1) is 40.3 Å². The van der Waals surface area contributed by atoms with Crippen molar-refractivity contribution in [3.05, 3.63) is 146 Å². The van der Waals surface area contributed by atoms with Crippen LogP contribution in [-0.4, -0.2) is 82.3 Å². The monoisotopic (exact) mass is 1100 g/mol. The number of hydrogen-bond acceptors (Lipinski definition) is 8. The van der Waals surface area contributed by atoms with Crippen molar-refractivity contribution < 1.29 is 42.9 Å². The van der Waals surface area contributed by atoms with Crippen molar-refractivity contribution in [2.45, 2.75) is 232 Å². The molecule has 0 aliphatic carbocycles. The van der Waals surface area contributed by atoms with E-state index in [1.165, 1.54) is 70.6 Å². The summed E-state index contributed by atoms with van der Waals surface area (Å²) in [6, 6.07) is 0. The molecule has 0 aliphatic rings. The Kier molecular flexibility index (Phi) is 55.7. The van der Waals surface area contributed by atoms with Crippen molar-refractivity contribution in [2.75, 3.05) is 47.5 Å². The lowest BCUT2D eigenvalue weighted by molar-refractivity contribution is -0.870. The minimum atomic E-state index is -1.64. The Bertz CT molecular complexity index is 1800. The lowest BCUT2D eigenvalue weighted by Gasteiger charge is -2.26. The van der Waals surface area contributed by atoms with E-state index in [1.54, 1.807) is 0 Å². The Morgan fingerprint density at radius 1 is 0.380 bits per heavy atom. The number of aliphatic carboxylic acids is 1. The molecule has 9 nitrogen and oxygen atoms in total. The van der Waals surface area contributed by atoms with Gasteiger partial charge in [-0.05, 0) is 116 Å². The molecule has 0 radical (unpaired) electrons. The zero-order valence-corrected chi connectivity index (χ0v) is 50.7. The highest BCUT2D eigenvalue weighted by Gasteiger charge is 2.22. The van der Waals surface area contributed by atoms with Crippen LogP contribution in [0.5, 0.6) is 0 Å². The Morgan fingerprint density at radius 2 is 0.684 bits per heavy atom. The van der Waals surface area contributed by atoms with Gasteiger partial charge in [-0.25, -0.2) is 0 Å². The minimum Gasteiger partial charge on any atom is -0.545 e. The van der Waals surface area contributed by atoms with Gasteiger partial charge in [0, 0.05) is 12.8 Å². The average molecular weight is 1100 g/mol. The number of carbonyl (C=O) groups is 3. The number of carboxylic acid groups (broad SMARTS) is 1. The third kappa shape index (κ3) is 60.7. The summed E-state index contributed by atoms with van der Waals surface area (Å²) in [5.74, 6) is -2.35. The highest BCUT2D eigenvalue weighted by Crippen LogP contribution is 2.15. The van der Waals surface area contributed by atoms with Crippen LogP contribution >= 0.6 is 0 Å². The first-order chi connectivity index (χ1) is 38.6. The van der Waals surface area contributed by atoms with E-state index < -0.39 is 24.3 Å². The molecule has 0 N–H and O–H groups in total. The van der Waals surface area contributed by atoms with E-state index in [-0.39, 0.29) is 38.6 Å². The number of unbranched alkanes of at least 4 members (excludes halogenated alkanes) is 16. The van der Waals surface area contributed by atoms with Crippen LogP contribution in [0.2, 0.25) is 0 Å². The number of quaternary nitrogens is 1. The molecule has 79 heavy (non-hydrogen) atoms. The van der Waals surface area contributed by atoms with Gasteiger partial charge in [0.15, 0.2) is 12.4 Å². The highest BCUT2D eigenvalue weighted by atomic mass is 16.7. The molecule has 0 aromatic heterocycles. The zero-order chi connectivity index (χ0) is 57.6. The second-order valence-electron chi connectivity index (χ2n) is 21.2. The quantitative estimate of drug-likeness (QED) is 0.0195. The van der Waals surface area contributed by atoms with E-state index >= 15 is 0 Å². The number of nitrogens with zero attached hydrogens (tertiary/aromatic N) is 1. The summed E-state index contributed by atoms with van der Waals surface area (Å²) in [5, 5.41) is 11.8. The summed E-state index contributed by atoms with van der Waals surface area (Å²) >= 11 is 0. The number of carboxylic acids is 1. The maximum atomic E-state index is 12.9. The van der Waals surface area contributed by atoms with Gasteiger partial charge in [-0.1, -0.05) is 237 Å². The molecule has 446 valence electrons. The zero-order valence-electron chi connectivity index (χ0n) is 50.7. The smallest absolute Gasteiger partial charge is 0.306 e. The van der Waals surface area contributed by atoms with Crippen LogP contribution in [0.1, 0.15) is 219 Å². The van der Waals surface area contributed by atoms with Gasteiger partial charge in [-0.2, -0.15) is 0 Å². The predicted molar refractivity (Wildman–Crippen MR) is 333 cm³/mol. The average Bonchev–Trinajstić information content (AvgIpc) is 3.42. The summed E-state index contributed by atoms with van der Waals surface area (Å²) < 4.78 is 22.7. The van der Waals surface area contributed by atoms with E-state index in [0.29, 0.717) is 17.4 Å². The Labute approximate surface area is 483 Å². The van der Waals surface area contributed by atoms with Gasteiger partial charge < -0.3 is 33.3 Å². The standard InChI is InChI=1S/C70H113NO8/c1-6-8-10-12-14-16-18-20-22-24-26-28-30-32-33-34-35-37-38-40-42-44-46-48-50-52-54-56-58-60-67(72)77-64-66(65-78-70(69(74)75)76-63-62-71(3,4)5)79-68(73)61-59-57-55-53-51-49-47-45-43-41-39-36-31-29-27-25-23-21-19-17-15-13-11-9-7-2/h8-11,14-17,20-23,26-29,32-33,36,39,43,45,49,51,66,70H,6-7,12-13,18-19,24-25,30-31,34-35,37-38,40-42,44,46-48,50,52-65H2,1-5H3/b10-8-,11-9-,16-14-,17-15-,22-20-,23-21-,28-26-,29-27-,33-32-,39-36-,45-43-,51-49-. The first-order valence-corrected chi connectivity index (χ1v) is 31.0. The second-order valence-corrected chi connectivity index (χ2v) is 21.2. The molecule has 0 spiro atoms.